The smallest absolute Gasteiger partial charge is 0.217 e. The van der Waals surface area contributed by atoms with Crippen LogP contribution >= 0.6 is 0 Å². The number of hydrogen-bond acceptors (Lipinski definition) is 8. The highest BCUT2D eigenvalue weighted by Crippen LogP contribution is 2.42. The summed E-state index contributed by atoms with van der Waals surface area (Å²) in [5.74, 6) is 1.61. The maximum absolute atomic E-state index is 13.1. The van der Waals surface area contributed by atoms with Crippen molar-refractivity contribution in [2.75, 3.05) is 10.6 Å². The van der Waals surface area contributed by atoms with Gasteiger partial charge in [-0.3, -0.25) is 10.4 Å². The topological polar surface area (TPSA) is 111 Å². The molecule has 4 fully saturated rings. The number of anilines is 2. The van der Waals surface area contributed by atoms with E-state index in [1.165, 1.54) is 0 Å². The number of nitrogens with one attached hydrogen (secondary N) is 4. The van der Waals surface area contributed by atoms with Crippen molar-refractivity contribution in [3.63, 3.8) is 0 Å². The number of sulfonamides is 1. The summed E-state index contributed by atoms with van der Waals surface area (Å²) in [4.78, 5) is 9.49. The summed E-state index contributed by atoms with van der Waals surface area (Å²) < 4.78 is 28.1. The first-order valence-corrected chi connectivity index (χ1v) is 13.8. The number of fused-ring (bicyclic) bond motifs is 3. The minimum Gasteiger partial charge on any atom is -0.367 e. The lowest BCUT2D eigenvalue weighted by atomic mass is 9.84. The second kappa shape index (κ2) is 8.33. The fourth-order valence-corrected chi connectivity index (χ4v) is 8.14. The van der Waals surface area contributed by atoms with E-state index in [0.29, 0.717) is 6.04 Å². The number of pyridine rings is 2. The quantitative estimate of drug-likeness (QED) is 0.509. The number of nitrogens with zero attached hydrogens (tertiary/aromatic N) is 3. The van der Waals surface area contributed by atoms with Crippen molar-refractivity contribution in [2.24, 2.45) is 0 Å². The number of aromatic nitrogens is 2. The number of hydrazine groups is 1. The average Bonchev–Trinajstić information content (AvgIpc) is 3.57. The molecule has 0 aromatic carbocycles. The molecule has 1 saturated carbocycles. The Morgan fingerprint density at radius 2 is 1.85 bits per heavy atom. The highest BCUT2D eigenvalue weighted by Gasteiger charge is 2.49. The molecule has 2 aromatic heterocycles. The first-order valence-electron chi connectivity index (χ1n) is 12.3. The highest BCUT2D eigenvalue weighted by atomic mass is 32.2. The van der Waals surface area contributed by atoms with Gasteiger partial charge >= 0.3 is 0 Å². The molecule has 178 valence electrons. The van der Waals surface area contributed by atoms with Crippen molar-refractivity contribution in [3.8, 4) is 0 Å². The van der Waals surface area contributed by atoms with Gasteiger partial charge in [-0.15, -0.1) is 0 Å². The molecular formula is C23H33N7O2S. The van der Waals surface area contributed by atoms with Crippen LogP contribution in [-0.2, 0) is 10.0 Å². The molecule has 0 radical (unpaired) electrons. The molecule has 0 amide bonds. The summed E-state index contributed by atoms with van der Waals surface area (Å²) >= 11 is 0. The third kappa shape index (κ3) is 4.18. The van der Waals surface area contributed by atoms with Crippen LogP contribution in [0, 0.1) is 0 Å². The first-order chi connectivity index (χ1) is 16.0. The Kier molecular flexibility index (Phi) is 5.44. The van der Waals surface area contributed by atoms with Gasteiger partial charge in [0.1, 0.15) is 11.6 Å². The van der Waals surface area contributed by atoms with Crippen molar-refractivity contribution < 1.29 is 8.42 Å². The molecule has 4 N–H and O–H groups in total. The van der Waals surface area contributed by atoms with Crippen LogP contribution in [-0.4, -0.2) is 58.3 Å². The molecule has 5 atom stereocenters. The van der Waals surface area contributed by atoms with E-state index in [0.717, 1.165) is 73.9 Å². The van der Waals surface area contributed by atoms with E-state index in [2.05, 4.69) is 33.4 Å². The SMILES string of the molecule is CC1CC(Nc2cc3ncccc3c(NC3C[C@H]4CCC[C@@H](C3)N4S(=O)(=O)C3CC3)n2)NN1. The van der Waals surface area contributed by atoms with E-state index in [-0.39, 0.29) is 29.5 Å². The standard InChI is InChI=1S/C23H33N7O2S/c1-14-10-22(29-28-14)26-21-13-20-19(6-3-9-24-20)23(27-21)25-15-11-16-4-2-5-17(12-15)30(16)33(31,32)18-7-8-18/h3,6,9,13-18,22,28-29H,2,4-5,7-8,10-12H2,1H3,(H2,25,26,27)/t14?,15?,16-,17+,22?. The van der Waals surface area contributed by atoms with Crippen molar-refractivity contribution >= 4 is 32.6 Å². The Labute approximate surface area is 195 Å². The molecule has 33 heavy (non-hydrogen) atoms. The molecule has 4 aliphatic rings. The van der Waals surface area contributed by atoms with Crippen molar-refractivity contribution in [1.29, 1.82) is 0 Å². The maximum Gasteiger partial charge on any atom is 0.217 e. The fraction of sp³-hybridized carbons (Fsp3) is 0.652. The zero-order valence-electron chi connectivity index (χ0n) is 19.0. The Hall–Kier alpha value is -2.01. The van der Waals surface area contributed by atoms with Crippen LogP contribution in [0.15, 0.2) is 24.4 Å². The van der Waals surface area contributed by atoms with Crippen LogP contribution < -0.4 is 21.5 Å². The lowest BCUT2D eigenvalue weighted by Crippen LogP contribution is -2.57. The lowest BCUT2D eigenvalue weighted by Gasteiger charge is -2.48. The predicted molar refractivity (Wildman–Crippen MR) is 129 cm³/mol. The summed E-state index contributed by atoms with van der Waals surface area (Å²) in [6, 6.07) is 6.77. The Morgan fingerprint density at radius 1 is 1.06 bits per heavy atom. The molecular weight excluding hydrogens is 438 g/mol. The zero-order chi connectivity index (χ0) is 22.6. The van der Waals surface area contributed by atoms with Gasteiger partial charge in [0.25, 0.3) is 0 Å². The minimum absolute atomic E-state index is 0.0987. The molecule has 2 aromatic rings. The van der Waals surface area contributed by atoms with Crippen LogP contribution in [0.2, 0.25) is 0 Å². The summed E-state index contributed by atoms with van der Waals surface area (Å²) in [7, 11) is -3.15. The second-order valence-corrected chi connectivity index (χ2v) is 12.3. The van der Waals surface area contributed by atoms with Crippen LogP contribution in [0.5, 0.6) is 0 Å². The van der Waals surface area contributed by atoms with Crippen molar-refractivity contribution in [2.45, 2.75) is 93.9 Å². The van der Waals surface area contributed by atoms with Gasteiger partial charge < -0.3 is 10.6 Å². The van der Waals surface area contributed by atoms with Crippen molar-refractivity contribution in [3.05, 3.63) is 24.4 Å². The zero-order valence-corrected chi connectivity index (χ0v) is 19.8. The third-order valence-corrected chi connectivity index (χ3v) is 10.0. The molecule has 3 aliphatic heterocycles. The molecule has 3 saturated heterocycles. The third-order valence-electron chi connectivity index (χ3n) is 7.50. The normalized spacial score (nSPS) is 32.7. The largest absolute Gasteiger partial charge is 0.367 e. The molecule has 0 spiro atoms. The predicted octanol–water partition coefficient (Wildman–Crippen LogP) is 2.54. The lowest BCUT2D eigenvalue weighted by molar-refractivity contribution is 0.115. The van der Waals surface area contributed by atoms with Gasteiger partial charge in [0, 0.05) is 41.8 Å². The maximum atomic E-state index is 13.1. The van der Waals surface area contributed by atoms with E-state index in [1.807, 2.05) is 22.5 Å². The van der Waals surface area contributed by atoms with Gasteiger partial charge in [0.15, 0.2) is 0 Å². The van der Waals surface area contributed by atoms with Gasteiger partial charge in [-0.05, 0) is 64.0 Å². The number of rotatable bonds is 6. The Balaban J connectivity index is 1.24. The van der Waals surface area contributed by atoms with Gasteiger partial charge in [-0.25, -0.2) is 18.8 Å². The Bertz CT molecular complexity index is 1120. The monoisotopic (exact) mass is 471 g/mol. The summed E-state index contributed by atoms with van der Waals surface area (Å²) in [5, 5.41) is 8.03. The summed E-state index contributed by atoms with van der Waals surface area (Å²) in [6.45, 7) is 2.14. The van der Waals surface area contributed by atoms with Gasteiger partial charge in [0.05, 0.1) is 16.9 Å². The number of piperidine rings is 2. The fourth-order valence-electron chi connectivity index (χ4n) is 5.85. The van der Waals surface area contributed by atoms with Crippen LogP contribution in [0.25, 0.3) is 10.9 Å². The minimum atomic E-state index is -3.15. The molecule has 10 heteroatoms. The van der Waals surface area contributed by atoms with Crippen LogP contribution in [0.3, 0.4) is 0 Å². The molecule has 6 rings (SSSR count). The van der Waals surface area contributed by atoms with Crippen LogP contribution in [0.4, 0.5) is 11.6 Å². The molecule has 3 unspecified atom stereocenters. The molecule has 1 aliphatic carbocycles. The average molecular weight is 472 g/mol. The summed E-state index contributed by atoms with van der Waals surface area (Å²) in [6.07, 6.45) is 9.21. The summed E-state index contributed by atoms with van der Waals surface area (Å²) in [5.41, 5.74) is 7.39. The van der Waals surface area contributed by atoms with Crippen LogP contribution in [0.1, 0.15) is 58.3 Å². The van der Waals surface area contributed by atoms with E-state index < -0.39 is 10.0 Å². The van der Waals surface area contributed by atoms with E-state index in [4.69, 9.17) is 4.98 Å². The van der Waals surface area contributed by atoms with E-state index in [1.54, 1.807) is 6.20 Å². The molecule has 5 heterocycles. The van der Waals surface area contributed by atoms with Crippen molar-refractivity contribution in [1.82, 2.24) is 25.1 Å². The second-order valence-electron chi connectivity index (χ2n) is 10.2. The Morgan fingerprint density at radius 3 is 2.55 bits per heavy atom. The van der Waals surface area contributed by atoms with Gasteiger partial charge in [0.2, 0.25) is 10.0 Å². The van der Waals surface area contributed by atoms with E-state index >= 15 is 0 Å². The molecule has 9 nitrogen and oxygen atoms in total. The van der Waals surface area contributed by atoms with Gasteiger partial charge in [-0.1, -0.05) is 6.42 Å². The van der Waals surface area contributed by atoms with Gasteiger partial charge in [-0.2, -0.15) is 4.31 Å². The highest BCUT2D eigenvalue weighted by molar-refractivity contribution is 7.90. The first kappa shape index (κ1) is 21.5. The number of hydrogen-bond donors (Lipinski definition) is 4. The molecule has 2 bridgehead atoms. The van der Waals surface area contributed by atoms with E-state index in [9.17, 15) is 8.42 Å².